The van der Waals surface area contributed by atoms with Crippen molar-refractivity contribution in [1.29, 1.82) is 0 Å². The molecule has 2 heterocycles. The standard InChI is InChI=1S/C22H16F2N2O4/c1-28-18-7-4-13(23)10-15(18)11-2-5-14(16(24)8-11)21-25-17-9-12(3-6-19(17)29-21)20-22(26-27)30-20/h2-10,20,22,26-27H,1H3. The van der Waals surface area contributed by atoms with Crippen LogP contribution in [0.1, 0.15) is 11.7 Å². The summed E-state index contributed by atoms with van der Waals surface area (Å²) in [5.41, 5.74) is 5.03. The van der Waals surface area contributed by atoms with Gasteiger partial charge in [-0.2, -0.15) is 5.48 Å². The highest BCUT2D eigenvalue weighted by atomic mass is 19.1. The fourth-order valence-electron chi connectivity index (χ4n) is 3.46. The lowest BCUT2D eigenvalue weighted by molar-refractivity contribution is 0.119. The Labute approximate surface area is 169 Å². The zero-order valence-corrected chi connectivity index (χ0v) is 15.7. The van der Waals surface area contributed by atoms with Gasteiger partial charge in [0.15, 0.2) is 11.8 Å². The Balaban J connectivity index is 1.50. The van der Waals surface area contributed by atoms with Crippen molar-refractivity contribution < 1.29 is 27.9 Å². The van der Waals surface area contributed by atoms with Gasteiger partial charge in [0.05, 0.1) is 12.7 Å². The van der Waals surface area contributed by atoms with Crippen LogP contribution in [0.2, 0.25) is 0 Å². The third-order valence-corrected chi connectivity index (χ3v) is 5.03. The van der Waals surface area contributed by atoms with Crippen LogP contribution in [0.5, 0.6) is 5.75 Å². The van der Waals surface area contributed by atoms with Crippen molar-refractivity contribution in [3.8, 4) is 28.3 Å². The number of aromatic nitrogens is 1. The Morgan fingerprint density at radius 1 is 1.03 bits per heavy atom. The number of hydroxylamine groups is 1. The predicted octanol–water partition coefficient (Wildman–Crippen LogP) is 4.82. The van der Waals surface area contributed by atoms with Crippen molar-refractivity contribution in [2.75, 3.05) is 7.11 Å². The molecule has 5 rings (SSSR count). The van der Waals surface area contributed by atoms with Crippen LogP contribution in [0.4, 0.5) is 8.78 Å². The van der Waals surface area contributed by atoms with Crippen molar-refractivity contribution >= 4 is 11.1 Å². The molecule has 152 valence electrons. The highest BCUT2D eigenvalue weighted by Crippen LogP contribution is 2.38. The van der Waals surface area contributed by atoms with Crippen LogP contribution in [0.15, 0.2) is 59.0 Å². The van der Waals surface area contributed by atoms with E-state index in [0.29, 0.717) is 28.0 Å². The van der Waals surface area contributed by atoms with Crippen LogP contribution < -0.4 is 10.2 Å². The van der Waals surface area contributed by atoms with Crippen molar-refractivity contribution in [1.82, 2.24) is 10.5 Å². The van der Waals surface area contributed by atoms with E-state index in [1.165, 1.54) is 37.4 Å². The molecule has 4 aromatic rings. The summed E-state index contributed by atoms with van der Waals surface area (Å²) >= 11 is 0. The monoisotopic (exact) mass is 410 g/mol. The first-order valence-electron chi connectivity index (χ1n) is 9.17. The number of hydrogen-bond acceptors (Lipinski definition) is 6. The van der Waals surface area contributed by atoms with E-state index < -0.39 is 17.9 Å². The second kappa shape index (κ2) is 7.17. The van der Waals surface area contributed by atoms with Gasteiger partial charge in [-0.1, -0.05) is 12.1 Å². The highest BCUT2D eigenvalue weighted by molar-refractivity contribution is 5.78. The first-order valence-corrected chi connectivity index (χ1v) is 9.17. The molecule has 2 N–H and O–H groups in total. The molecule has 3 aromatic carbocycles. The van der Waals surface area contributed by atoms with Crippen LogP contribution >= 0.6 is 0 Å². The zero-order valence-electron chi connectivity index (χ0n) is 15.7. The summed E-state index contributed by atoms with van der Waals surface area (Å²) in [6.45, 7) is 0. The predicted molar refractivity (Wildman–Crippen MR) is 104 cm³/mol. The second-order valence-electron chi connectivity index (χ2n) is 6.89. The van der Waals surface area contributed by atoms with Crippen LogP contribution in [-0.4, -0.2) is 23.5 Å². The molecule has 0 radical (unpaired) electrons. The van der Waals surface area contributed by atoms with E-state index in [-0.39, 0.29) is 17.6 Å². The summed E-state index contributed by atoms with van der Waals surface area (Å²) in [6, 6.07) is 13.9. The van der Waals surface area contributed by atoms with Gasteiger partial charge in [0.25, 0.3) is 0 Å². The topological polar surface area (TPSA) is 80.0 Å². The maximum absolute atomic E-state index is 14.9. The van der Waals surface area contributed by atoms with Gasteiger partial charge in [0.2, 0.25) is 5.89 Å². The fraction of sp³-hybridized carbons (Fsp3) is 0.136. The normalized spacial score (nSPS) is 18.0. The number of epoxide rings is 1. The minimum atomic E-state index is -0.555. The number of benzene rings is 3. The zero-order chi connectivity index (χ0) is 20.8. The summed E-state index contributed by atoms with van der Waals surface area (Å²) in [5.74, 6) is -0.425. The van der Waals surface area contributed by atoms with Crippen LogP contribution in [0.3, 0.4) is 0 Å². The van der Waals surface area contributed by atoms with Gasteiger partial charge in [-0.15, -0.1) is 0 Å². The van der Waals surface area contributed by atoms with E-state index in [0.717, 1.165) is 5.56 Å². The molecule has 1 aliphatic heterocycles. The first kappa shape index (κ1) is 18.7. The van der Waals surface area contributed by atoms with E-state index in [2.05, 4.69) is 10.5 Å². The smallest absolute Gasteiger partial charge is 0.230 e. The van der Waals surface area contributed by atoms with Gasteiger partial charge in [-0.25, -0.2) is 13.8 Å². The molecule has 1 saturated heterocycles. The summed E-state index contributed by atoms with van der Waals surface area (Å²) in [7, 11) is 1.47. The van der Waals surface area contributed by atoms with E-state index in [1.807, 2.05) is 0 Å². The molecule has 6 nitrogen and oxygen atoms in total. The minimum Gasteiger partial charge on any atom is -0.496 e. The number of nitrogens with one attached hydrogen (secondary N) is 1. The van der Waals surface area contributed by atoms with Crippen molar-refractivity contribution in [2.45, 2.75) is 12.3 Å². The molecule has 2 unspecified atom stereocenters. The van der Waals surface area contributed by atoms with Gasteiger partial charge in [-0.05, 0) is 53.6 Å². The van der Waals surface area contributed by atoms with Crippen molar-refractivity contribution in [2.24, 2.45) is 0 Å². The Morgan fingerprint density at radius 2 is 1.90 bits per heavy atom. The molecule has 1 aromatic heterocycles. The number of fused-ring (bicyclic) bond motifs is 1. The summed E-state index contributed by atoms with van der Waals surface area (Å²) in [6.07, 6.45) is -0.713. The quantitative estimate of drug-likeness (QED) is 0.363. The number of nitrogens with zero attached hydrogens (tertiary/aromatic N) is 1. The lowest BCUT2D eigenvalue weighted by Gasteiger charge is -2.09. The summed E-state index contributed by atoms with van der Waals surface area (Å²) in [4.78, 5) is 4.39. The molecular weight excluding hydrogens is 394 g/mol. The molecule has 8 heteroatoms. The van der Waals surface area contributed by atoms with Gasteiger partial charge in [0.1, 0.15) is 29.0 Å². The van der Waals surface area contributed by atoms with E-state index in [1.54, 1.807) is 24.3 Å². The van der Waals surface area contributed by atoms with Crippen LogP contribution in [0, 0.1) is 11.6 Å². The maximum Gasteiger partial charge on any atom is 0.230 e. The highest BCUT2D eigenvalue weighted by Gasteiger charge is 2.40. The molecule has 1 aliphatic rings. The minimum absolute atomic E-state index is 0.131. The number of oxazole rings is 1. The van der Waals surface area contributed by atoms with Crippen molar-refractivity contribution in [3.63, 3.8) is 0 Å². The van der Waals surface area contributed by atoms with Gasteiger partial charge < -0.3 is 19.1 Å². The molecule has 1 fully saturated rings. The summed E-state index contributed by atoms with van der Waals surface area (Å²) < 4.78 is 44.8. The number of hydrogen-bond donors (Lipinski definition) is 2. The number of ether oxygens (including phenoxy) is 2. The molecular formula is C22H16F2N2O4. The Hall–Kier alpha value is -3.33. The average molecular weight is 410 g/mol. The number of halogens is 2. The van der Waals surface area contributed by atoms with E-state index in [9.17, 15) is 8.78 Å². The maximum atomic E-state index is 14.9. The van der Waals surface area contributed by atoms with Crippen LogP contribution in [0.25, 0.3) is 33.7 Å². The molecule has 0 amide bonds. The third kappa shape index (κ3) is 3.21. The lowest BCUT2D eigenvalue weighted by atomic mass is 10.0. The summed E-state index contributed by atoms with van der Waals surface area (Å²) in [5, 5.41) is 8.91. The lowest BCUT2D eigenvalue weighted by Crippen LogP contribution is -2.11. The fourth-order valence-corrected chi connectivity index (χ4v) is 3.46. The number of methoxy groups -OCH3 is 1. The molecule has 2 atom stereocenters. The van der Waals surface area contributed by atoms with Crippen molar-refractivity contribution in [3.05, 3.63) is 71.8 Å². The molecule has 0 saturated carbocycles. The van der Waals surface area contributed by atoms with E-state index >= 15 is 0 Å². The van der Waals surface area contributed by atoms with Gasteiger partial charge in [-0.3, -0.25) is 0 Å². The Morgan fingerprint density at radius 3 is 2.63 bits per heavy atom. The van der Waals surface area contributed by atoms with Gasteiger partial charge >= 0.3 is 0 Å². The van der Waals surface area contributed by atoms with E-state index in [4.69, 9.17) is 19.1 Å². The largest absolute Gasteiger partial charge is 0.496 e. The van der Waals surface area contributed by atoms with Crippen LogP contribution in [-0.2, 0) is 4.74 Å². The first-order chi connectivity index (χ1) is 14.6. The molecule has 0 spiro atoms. The average Bonchev–Trinajstić information content (AvgIpc) is 3.43. The molecule has 0 aliphatic carbocycles. The SMILES string of the molecule is COc1ccc(F)cc1-c1ccc(-c2nc3cc(C4OC4NO)ccc3o2)c(F)c1. The number of rotatable bonds is 5. The van der Waals surface area contributed by atoms with Gasteiger partial charge in [0, 0.05) is 5.56 Å². The molecule has 0 bridgehead atoms. The third-order valence-electron chi connectivity index (χ3n) is 5.03. The Bertz CT molecular complexity index is 1260. The second-order valence-corrected chi connectivity index (χ2v) is 6.89. The molecule has 30 heavy (non-hydrogen) atoms. The Kier molecular flexibility index (Phi) is 4.47.